The molecular formula is C20H28BrN3O2. The van der Waals surface area contributed by atoms with Crippen LogP contribution in [0.1, 0.15) is 59.3 Å². The molecule has 0 radical (unpaired) electrons. The quantitative estimate of drug-likeness (QED) is 0.466. The van der Waals surface area contributed by atoms with Crippen LogP contribution in [0.5, 0.6) is 5.75 Å². The molecule has 3 rings (SSSR count). The zero-order chi connectivity index (χ0) is 18.7. The second-order valence-electron chi connectivity index (χ2n) is 7.26. The lowest BCUT2D eigenvalue weighted by molar-refractivity contribution is 0.100. The number of rotatable bonds is 7. The van der Waals surface area contributed by atoms with Gasteiger partial charge in [-0.05, 0) is 63.7 Å². The molecule has 1 amide bonds. The number of alkyl halides is 1. The highest BCUT2D eigenvalue weighted by Crippen LogP contribution is 2.36. The number of hydrogen-bond donors (Lipinski definition) is 3. The van der Waals surface area contributed by atoms with Crippen molar-refractivity contribution >= 4 is 32.7 Å². The van der Waals surface area contributed by atoms with Crippen molar-refractivity contribution < 1.29 is 9.90 Å². The molecule has 0 atom stereocenters. The number of likely N-dealkylation sites (tertiary alicyclic amines) is 1. The number of fused-ring (bicyclic) bond motifs is 1. The van der Waals surface area contributed by atoms with Gasteiger partial charge in [-0.3, -0.25) is 9.69 Å². The van der Waals surface area contributed by atoms with Crippen LogP contribution >= 0.6 is 15.9 Å². The predicted molar refractivity (Wildman–Crippen MR) is 109 cm³/mol. The Kier molecular flexibility index (Phi) is 6.24. The SMILES string of the molecule is Cc1[nH]c2cc(CCCCBr)c(O)c(CN3CCCCC3)c2c1C(N)=O. The van der Waals surface area contributed by atoms with E-state index in [1.54, 1.807) is 0 Å². The van der Waals surface area contributed by atoms with Gasteiger partial charge >= 0.3 is 0 Å². The minimum absolute atomic E-state index is 0.333. The number of aryl methyl sites for hydroxylation is 2. The number of benzene rings is 1. The fourth-order valence-corrected chi connectivity index (χ4v) is 4.43. The summed E-state index contributed by atoms with van der Waals surface area (Å²) in [5.41, 5.74) is 9.62. The number of nitrogens with one attached hydrogen (secondary N) is 1. The predicted octanol–water partition coefficient (Wildman–Crippen LogP) is 3.98. The number of nitrogens with two attached hydrogens (primary N) is 1. The van der Waals surface area contributed by atoms with Crippen LogP contribution in [0.15, 0.2) is 6.07 Å². The van der Waals surface area contributed by atoms with Gasteiger partial charge in [0, 0.05) is 34.0 Å². The Morgan fingerprint density at radius 3 is 2.69 bits per heavy atom. The second-order valence-corrected chi connectivity index (χ2v) is 8.05. The van der Waals surface area contributed by atoms with Crippen LogP contribution in [0.25, 0.3) is 10.9 Å². The van der Waals surface area contributed by atoms with Crippen LogP contribution in [-0.2, 0) is 13.0 Å². The molecule has 6 heteroatoms. The Labute approximate surface area is 163 Å². The lowest BCUT2D eigenvalue weighted by Crippen LogP contribution is -2.29. The van der Waals surface area contributed by atoms with E-state index in [0.717, 1.165) is 65.4 Å². The molecule has 5 nitrogen and oxygen atoms in total. The molecule has 0 unspecified atom stereocenters. The van der Waals surface area contributed by atoms with Gasteiger partial charge in [-0.15, -0.1) is 0 Å². The molecule has 1 saturated heterocycles. The van der Waals surface area contributed by atoms with E-state index in [1.165, 1.54) is 19.3 Å². The van der Waals surface area contributed by atoms with Gasteiger partial charge in [0.2, 0.25) is 0 Å². The first-order chi connectivity index (χ1) is 12.5. The summed E-state index contributed by atoms with van der Waals surface area (Å²) >= 11 is 3.46. The summed E-state index contributed by atoms with van der Waals surface area (Å²) in [6.45, 7) is 4.59. The molecule has 1 aliphatic rings. The van der Waals surface area contributed by atoms with Gasteiger partial charge in [0.05, 0.1) is 5.56 Å². The standard InChI is InChI=1S/C20H28BrN3O2/c1-13-17(20(22)26)18-15(12-24-9-5-2-6-10-24)19(25)14(7-3-4-8-21)11-16(18)23-13/h11,23,25H,2-10,12H2,1H3,(H2,22,26). The summed E-state index contributed by atoms with van der Waals surface area (Å²) in [5, 5.41) is 12.8. The second kappa shape index (κ2) is 8.44. The number of hydrogen-bond acceptors (Lipinski definition) is 3. The third-order valence-corrected chi connectivity index (χ3v) is 5.89. The van der Waals surface area contributed by atoms with E-state index in [-0.39, 0.29) is 0 Å². The van der Waals surface area contributed by atoms with Crippen LogP contribution in [0.3, 0.4) is 0 Å². The van der Waals surface area contributed by atoms with Gasteiger partial charge in [-0.25, -0.2) is 0 Å². The fraction of sp³-hybridized carbons (Fsp3) is 0.550. The van der Waals surface area contributed by atoms with Crippen molar-refractivity contribution in [1.82, 2.24) is 9.88 Å². The highest BCUT2D eigenvalue weighted by Gasteiger charge is 2.23. The van der Waals surface area contributed by atoms with Crippen LogP contribution in [-0.4, -0.2) is 39.3 Å². The lowest BCUT2D eigenvalue weighted by Gasteiger charge is -2.27. The molecular weight excluding hydrogens is 394 g/mol. The molecule has 1 fully saturated rings. The van der Waals surface area contributed by atoms with Gasteiger partial charge < -0.3 is 15.8 Å². The molecule has 142 valence electrons. The van der Waals surface area contributed by atoms with Crippen LogP contribution in [0, 0.1) is 6.92 Å². The van der Waals surface area contributed by atoms with Crippen molar-refractivity contribution in [2.24, 2.45) is 5.73 Å². The average molecular weight is 422 g/mol. The molecule has 1 aromatic heterocycles. The highest BCUT2D eigenvalue weighted by molar-refractivity contribution is 9.09. The minimum atomic E-state index is -0.444. The number of unbranched alkanes of at least 4 members (excludes halogenated alkanes) is 1. The van der Waals surface area contributed by atoms with E-state index in [2.05, 4.69) is 25.8 Å². The number of aromatic nitrogens is 1. The molecule has 0 aliphatic carbocycles. The van der Waals surface area contributed by atoms with Crippen molar-refractivity contribution in [3.63, 3.8) is 0 Å². The third-order valence-electron chi connectivity index (χ3n) is 5.33. The maximum atomic E-state index is 12.1. The van der Waals surface area contributed by atoms with E-state index in [4.69, 9.17) is 5.73 Å². The van der Waals surface area contributed by atoms with E-state index in [9.17, 15) is 9.90 Å². The van der Waals surface area contributed by atoms with Crippen LogP contribution in [0.2, 0.25) is 0 Å². The lowest BCUT2D eigenvalue weighted by atomic mass is 9.96. The number of amides is 1. The molecule has 0 bridgehead atoms. The molecule has 4 N–H and O–H groups in total. The van der Waals surface area contributed by atoms with Crippen molar-refractivity contribution in [3.8, 4) is 5.75 Å². The number of H-pyrrole nitrogens is 1. The van der Waals surface area contributed by atoms with E-state index >= 15 is 0 Å². The number of phenolic OH excluding ortho intramolecular Hbond substituents is 1. The summed E-state index contributed by atoms with van der Waals surface area (Å²) in [7, 11) is 0. The molecule has 0 spiro atoms. The summed E-state index contributed by atoms with van der Waals surface area (Å²) in [6, 6.07) is 1.98. The molecule has 1 aliphatic heterocycles. The Morgan fingerprint density at radius 2 is 2.04 bits per heavy atom. The first-order valence-corrected chi connectivity index (χ1v) is 10.6. The summed E-state index contributed by atoms with van der Waals surface area (Å²) in [4.78, 5) is 17.7. The molecule has 2 aromatic rings. The Balaban J connectivity index is 2.08. The van der Waals surface area contributed by atoms with Crippen molar-refractivity contribution in [3.05, 3.63) is 28.5 Å². The Morgan fingerprint density at radius 1 is 1.31 bits per heavy atom. The van der Waals surface area contributed by atoms with Gasteiger partial charge in [0.25, 0.3) is 5.91 Å². The van der Waals surface area contributed by atoms with Crippen molar-refractivity contribution in [1.29, 1.82) is 0 Å². The number of piperidine rings is 1. The zero-order valence-electron chi connectivity index (χ0n) is 15.4. The van der Waals surface area contributed by atoms with Gasteiger partial charge in [-0.2, -0.15) is 0 Å². The summed E-state index contributed by atoms with van der Waals surface area (Å²) in [5.74, 6) is -0.112. The number of aromatic amines is 1. The number of halogens is 1. The molecule has 0 saturated carbocycles. The number of carbonyl (C=O) groups is 1. The zero-order valence-corrected chi connectivity index (χ0v) is 17.0. The molecule has 26 heavy (non-hydrogen) atoms. The van der Waals surface area contributed by atoms with E-state index in [0.29, 0.717) is 17.9 Å². The number of nitrogens with zero attached hydrogens (tertiary/aromatic N) is 1. The normalized spacial score (nSPS) is 15.6. The number of phenols is 1. The maximum absolute atomic E-state index is 12.1. The Hall–Kier alpha value is -1.53. The maximum Gasteiger partial charge on any atom is 0.251 e. The largest absolute Gasteiger partial charge is 0.507 e. The monoisotopic (exact) mass is 421 g/mol. The highest BCUT2D eigenvalue weighted by atomic mass is 79.9. The minimum Gasteiger partial charge on any atom is -0.507 e. The number of primary amides is 1. The average Bonchev–Trinajstić information content (AvgIpc) is 2.95. The van der Waals surface area contributed by atoms with Gasteiger partial charge in [-0.1, -0.05) is 22.4 Å². The topological polar surface area (TPSA) is 82.3 Å². The molecule has 1 aromatic carbocycles. The van der Waals surface area contributed by atoms with E-state index < -0.39 is 5.91 Å². The first-order valence-electron chi connectivity index (χ1n) is 9.47. The Bertz CT molecular complexity index is 794. The summed E-state index contributed by atoms with van der Waals surface area (Å²) < 4.78 is 0. The third kappa shape index (κ3) is 3.91. The van der Waals surface area contributed by atoms with Gasteiger partial charge in [0.1, 0.15) is 5.75 Å². The van der Waals surface area contributed by atoms with Crippen LogP contribution < -0.4 is 5.73 Å². The number of aromatic hydroxyl groups is 1. The smallest absolute Gasteiger partial charge is 0.251 e. The summed E-state index contributed by atoms with van der Waals surface area (Å²) in [6.07, 6.45) is 6.53. The van der Waals surface area contributed by atoms with Gasteiger partial charge in [0.15, 0.2) is 0 Å². The number of carbonyl (C=O) groups excluding carboxylic acids is 1. The fourth-order valence-electron chi connectivity index (χ4n) is 4.03. The van der Waals surface area contributed by atoms with Crippen molar-refractivity contribution in [2.75, 3.05) is 18.4 Å². The van der Waals surface area contributed by atoms with Crippen molar-refractivity contribution in [2.45, 2.75) is 52.0 Å². The van der Waals surface area contributed by atoms with Crippen LogP contribution in [0.4, 0.5) is 0 Å². The molecule has 2 heterocycles. The van der Waals surface area contributed by atoms with E-state index in [1.807, 2.05) is 13.0 Å². The first kappa shape index (κ1) is 19.2.